The molecule has 11 heteroatoms. The van der Waals surface area contributed by atoms with Crippen LogP contribution in [-0.4, -0.2) is 59.6 Å². The number of thioether (sulfide) groups is 1. The van der Waals surface area contributed by atoms with Gasteiger partial charge in [-0.15, -0.1) is 0 Å². The largest absolute Gasteiger partial charge is 0.493 e. The van der Waals surface area contributed by atoms with Gasteiger partial charge in [0.05, 0.1) is 22.1 Å². The molecule has 0 saturated carbocycles. The standard InChI is InChI=1S/C24H20Br2N2O6S/c1-33-18-11-14(10-17(26)21(18)34-23(31)15-6-2-3-7-16(15)25)12-19-22(30)28(24(32)35-19)13-20(29)27-8-4-5-9-27/h2-3,6-7,10-12H,4-5,8-9,13H2,1H3/b19-12-. The van der Waals surface area contributed by atoms with E-state index in [0.29, 0.717) is 33.2 Å². The number of esters is 1. The van der Waals surface area contributed by atoms with Gasteiger partial charge in [-0.1, -0.05) is 12.1 Å². The summed E-state index contributed by atoms with van der Waals surface area (Å²) >= 11 is 7.51. The van der Waals surface area contributed by atoms with E-state index in [1.807, 2.05) is 0 Å². The van der Waals surface area contributed by atoms with E-state index in [1.54, 1.807) is 41.3 Å². The van der Waals surface area contributed by atoms with Crippen LogP contribution >= 0.6 is 43.6 Å². The predicted molar refractivity (Wildman–Crippen MR) is 138 cm³/mol. The molecule has 8 nitrogen and oxygen atoms in total. The summed E-state index contributed by atoms with van der Waals surface area (Å²) in [6.07, 6.45) is 3.40. The Hall–Kier alpha value is -2.63. The third-order valence-electron chi connectivity index (χ3n) is 5.46. The zero-order valence-corrected chi connectivity index (χ0v) is 22.6. The van der Waals surface area contributed by atoms with E-state index >= 15 is 0 Å². The molecule has 35 heavy (non-hydrogen) atoms. The summed E-state index contributed by atoms with van der Waals surface area (Å²) in [6.45, 7) is 1.03. The third kappa shape index (κ3) is 5.62. The highest BCUT2D eigenvalue weighted by atomic mass is 79.9. The van der Waals surface area contributed by atoms with Gasteiger partial charge in [0.2, 0.25) is 5.91 Å². The number of likely N-dealkylation sites (tertiary alicyclic amines) is 1. The van der Waals surface area contributed by atoms with Crippen LogP contribution in [0.25, 0.3) is 6.08 Å². The van der Waals surface area contributed by atoms with Crippen molar-refractivity contribution in [1.29, 1.82) is 0 Å². The highest BCUT2D eigenvalue weighted by molar-refractivity contribution is 9.10. The summed E-state index contributed by atoms with van der Waals surface area (Å²) in [5.41, 5.74) is 0.897. The molecule has 2 aromatic carbocycles. The lowest BCUT2D eigenvalue weighted by Gasteiger charge is -2.18. The van der Waals surface area contributed by atoms with Crippen molar-refractivity contribution in [3.63, 3.8) is 0 Å². The zero-order chi connectivity index (χ0) is 25.1. The van der Waals surface area contributed by atoms with Crippen LogP contribution in [-0.2, 0) is 9.59 Å². The van der Waals surface area contributed by atoms with Crippen LogP contribution in [0.4, 0.5) is 4.79 Å². The van der Waals surface area contributed by atoms with Gasteiger partial charge in [0.15, 0.2) is 11.5 Å². The topological polar surface area (TPSA) is 93.2 Å². The van der Waals surface area contributed by atoms with Crippen molar-refractivity contribution >= 4 is 72.7 Å². The molecule has 0 bridgehead atoms. The summed E-state index contributed by atoms with van der Waals surface area (Å²) in [7, 11) is 1.43. The van der Waals surface area contributed by atoms with E-state index in [2.05, 4.69) is 31.9 Å². The number of carbonyl (C=O) groups is 4. The quantitative estimate of drug-likeness (QED) is 0.251. The Morgan fingerprint density at radius 2 is 1.80 bits per heavy atom. The van der Waals surface area contributed by atoms with E-state index in [9.17, 15) is 19.2 Å². The van der Waals surface area contributed by atoms with Gasteiger partial charge in [0.25, 0.3) is 11.1 Å². The Morgan fingerprint density at radius 1 is 1.09 bits per heavy atom. The monoisotopic (exact) mass is 622 g/mol. The molecular weight excluding hydrogens is 604 g/mol. The number of carbonyl (C=O) groups excluding carboxylic acids is 4. The van der Waals surface area contributed by atoms with Crippen LogP contribution in [0.1, 0.15) is 28.8 Å². The normalized spacial score (nSPS) is 16.8. The van der Waals surface area contributed by atoms with Crippen LogP contribution in [0.15, 0.2) is 50.2 Å². The number of amides is 3. The molecule has 0 aromatic heterocycles. The van der Waals surface area contributed by atoms with Crippen LogP contribution in [0.5, 0.6) is 11.5 Å². The van der Waals surface area contributed by atoms with Crippen molar-refractivity contribution in [2.75, 3.05) is 26.7 Å². The van der Waals surface area contributed by atoms with Crippen LogP contribution in [0.3, 0.4) is 0 Å². The molecule has 3 amide bonds. The van der Waals surface area contributed by atoms with Crippen molar-refractivity contribution in [3.8, 4) is 11.5 Å². The molecular formula is C24H20Br2N2O6S. The number of ether oxygens (including phenoxy) is 2. The molecule has 0 spiro atoms. The average molecular weight is 624 g/mol. The van der Waals surface area contributed by atoms with Gasteiger partial charge in [-0.05, 0) is 92.4 Å². The first kappa shape index (κ1) is 25.5. The van der Waals surface area contributed by atoms with E-state index < -0.39 is 17.1 Å². The summed E-state index contributed by atoms with van der Waals surface area (Å²) < 4.78 is 12.0. The van der Waals surface area contributed by atoms with Gasteiger partial charge in [0, 0.05) is 17.6 Å². The minimum absolute atomic E-state index is 0.176. The SMILES string of the molecule is COc1cc(/C=C2\SC(=O)N(CC(=O)N3CCCC3)C2=O)cc(Br)c1OC(=O)c1ccccc1Br. The van der Waals surface area contributed by atoms with Crippen molar-refractivity contribution in [2.45, 2.75) is 12.8 Å². The third-order valence-corrected chi connectivity index (χ3v) is 7.65. The molecule has 182 valence electrons. The molecule has 2 aliphatic rings. The van der Waals surface area contributed by atoms with Gasteiger partial charge in [0.1, 0.15) is 6.54 Å². The number of methoxy groups -OCH3 is 1. The second-order valence-corrected chi connectivity index (χ2v) is 10.5. The number of hydrogen-bond donors (Lipinski definition) is 0. The van der Waals surface area contributed by atoms with Crippen LogP contribution < -0.4 is 9.47 Å². The van der Waals surface area contributed by atoms with Gasteiger partial charge < -0.3 is 14.4 Å². The lowest BCUT2D eigenvalue weighted by Crippen LogP contribution is -2.40. The Labute approximate surface area is 222 Å². The first-order valence-electron chi connectivity index (χ1n) is 10.7. The Bertz CT molecular complexity index is 1240. The molecule has 0 aliphatic carbocycles. The smallest absolute Gasteiger partial charge is 0.344 e. The van der Waals surface area contributed by atoms with Crippen molar-refractivity contribution in [3.05, 3.63) is 61.4 Å². The molecule has 0 atom stereocenters. The van der Waals surface area contributed by atoms with E-state index in [4.69, 9.17) is 9.47 Å². The number of benzene rings is 2. The molecule has 2 heterocycles. The average Bonchev–Trinajstić information content (AvgIpc) is 3.46. The number of hydrogen-bond acceptors (Lipinski definition) is 7. The minimum Gasteiger partial charge on any atom is -0.493 e. The second-order valence-electron chi connectivity index (χ2n) is 7.76. The maximum atomic E-state index is 12.8. The van der Waals surface area contributed by atoms with Gasteiger partial charge in [-0.3, -0.25) is 19.3 Å². The summed E-state index contributed by atoms with van der Waals surface area (Å²) in [4.78, 5) is 53.2. The highest BCUT2D eigenvalue weighted by Crippen LogP contribution is 2.39. The summed E-state index contributed by atoms with van der Waals surface area (Å²) in [6, 6.07) is 10.1. The van der Waals surface area contributed by atoms with Gasteiger partial charge >= 0.3 is 5.97 Å². The second kappa shape index (κ2) is 11.0. The Morgan fingerprint density at radius 3 is 2.49 bits per heavy atom. The van der Waals surface area contributed by atoms with E-state index in [1.165, 1.54) is 13.2 Å². The van der Waals surface area contributed by atoms with Gasteiger partial charge in [-0.2, -0.15) is 0 Å². The predicted octanol–water partition coefficient (Wildman–Crippen LogP) is 5.10. The summed E-state index contributed by atoms with van der Waals surface area (Å²) in [5.74, 6) is -0.893. The van der Waals surface area contributed by atoms with E-state index in [-0.39, 0.29) is 28.9 Å². The molecule has 2 aliphatic heterocycles. The van der Waals surface area contributed by atoms with Gasteiger partial charge in [-0.25, -0.2) is 4.79 Å². The minimum atomic E-state index is -0.576. The Balaban J connectivity index is 1.54. The van der Waals surface area contributed by atoms with Crippen LogP contribution in [0.2, 0.25) is 0 Å². The molecule has 2 saturated heterocycles. The fourth-order valence-corrected chi connectivity index (χ4v) is 5.51. The van der Waals surface area contributed by atoms with Crippen molar-refractivity contribution < 1.29 is 28.7 Å². The molecule has 2 fully saturated rings. The molecule has 0 N–H and O–H groups in total. The fourth-order valence-electron chi connectivity index (χ4n) is 3.69. The lowest BCUT2D eigenvalue weighted by molar-refractivity contribution is -0.135. The zero-order valence-electron chi connectivity index (χ0n) is 18.6. The Kier molecular flexibility index (Phi) is 7.98. The number of halogens is 2. The molecule has 2 aromatic rings. The van der Waals surface area contributed by atoms with E-state index in [0.717, 1.165) is 29.5 Å². The molecule has 0 radical (unpaired) electrons. The fraction of sp³-hybridized carbons (Fsp3) is 0.250. The number of rotatable bonds is 6. The molecule has 4 rings (SSSR count). The van der Waals surface area contributed by atoms with Crippen molar-refractivity contribution in [2.24, 2.45) is 0 Å². The highest BCUT2D eigenvalue weighted by Gasteiger charge is 2.37. The number of imide groups is 1. The summed E-state index contributed by atoms with van der Waals surface area (Å²) in [5, 5.41) is -0.487. The maximum absolute atomic E-state index is 12.8. The first-order chi connectivity index (χ1) is 16.8. The van der Waals surface area contributed by atoms with Crippen molar-refractivity contribution in [1.82, 2.24) is 9.80 Å². The first-order valence-corrected chi connectivity index (χ1v) is 13.1. The molecule has 0 unspecified atom stereocenters. The van der Waals surface area contributed by atoms with Crippen LogP contribution in [0, 0.1) is 0 Å². The maximum Gasteiger partial charge on any atom is 0.344 e. The number of nitrogens with zero attached hydrogens (tertiary/aromatic N) is 2. The lowest BCUT2D eigenvalue weighted by atomic mass is 10.1.